The number of hydrogen-bond acceptors (Lipinski definition) is 3. The molecule has 4 nitrogen and oxygen atoms in total. The third-order valence-corrected chi connectivity index (χ3v) is 2.19. The van der Waals surface area contributed by atoms with E-state index in [4.69, 9.17) is 16.7 Å². The van der Waals surface area contributed by atoms with Crippen LogP contribution in [-0.2, 0) is 0 Å². The molecule has 1 aromatic rings. The lowest BCUT2D eigenvalue weighted by Gasteiger charge is -2.20. The number of carbonyl (C=O) groups excluding carboxylic acids is 1. The molecule has 0 bridgehead atoms. The van der Waals surface area contributed by atoms with Gasteiger partial charge in [0.2, 0.25) is 0 Å². The SMILES string of the molecule is O=C(c1cc(Cl)ccn1)N(CCO)CC(F)F. The Morgan fingerprint density at radius 2 is 2.29 bits per heavy atom. The van der Waals surface area contributed by atoms with Gasteiger partial charge < -0.3 is 10.0 Å². The van der Waals surface area contributed by atoms with Gasteiger partial charge in [-0.2, -0.15) is 0 Å². The number of aromatic nitrogens is 1. The lowest BCUT2D eigenvalue weighted by Crippen LogP contribution is -2.37. The Hall–Kier alpha value is -1.27. The van der Waals surface area contributed by atoms with Crippen molar-refractivity contribution in [3.05, 3.63) is 29.0 Å². The largest absolute Gasteiger partial charge is 0.395 e. The van der Waals surface area contributed by atoms with E-state index < -0.39 is 18.9 Å². The molecule has 0 aliphatic rings. The molecule has 0 atom stereocenters. The van der Waals surface area contributed by atoms with Crippen LogP contribution in [0, 0.1) is 0 Å². The van der Waals surface area contributed by atoms with Gasteiger partial charge in [-0.1, -0.05) is 11.6 Å². The minimum absolute atomic E-state index is 0.0217. The topological polar surface area (TPSA) is 53.4 Å². The van der Waals surface area contributed by atoms with E-state index in [1.807, 2.05) is 0 Å². The monoisotopic (exact) mass is 264 g/mol. The molecule has 0 aliphatic carbocycles. The molecular formula is C10H11ClF2N2O2. The van der Waals surface area contributed by atoms with Crippen LogP contribution in [0.1, 0.15) is 10.5 Å². The summed E-state index contributed by atoms with van der Waals surface area (Å²) in [6.07, 6.45) is -1.35. The molecule has 1 rings (SSSR count). The number of pyridine rings is 1. The summed E-state index contributed by atoms with van der Waals surface area (Å²) in [5.74, 6) is -0.679. The molecule has 0 radical (unpaired) electrons. The van der Waals surface area contributed by atoms with Gasteiger partial charge in [0, 0.05) is 17.8 Å². The molecule has 17 heavy (non-hydrogen) atoms. The number of amides is 1. The Kier molecular flexibility index (Phi) is 5.24. The number of aliphatic hydroxyl groups excluding tert-OH is 1. The highest BCUT2D eigenvalue weighted by molar-refractivity contribution is 6.30. The van der Waals surface area contributed by atoms with Crippen LogP contribution >= 0.6 is 11.6 Å². The van der Waals surface area contributed by atoms with Crippen molar-refractivity contribution in [2.24, 2.45) is 0 Å². The normalized spacial score (nSPS) is 10.6. The van der Waals surface area contributed by atoms with Crippen LogP contribution in [0.2, 0.25) is 5.02 Å². The third-order valence-electron chi connectivity index (χ3n) is 1.96. The number of halogens is 3. The fourth-order valence-electron chi connectivity index (χ4n) is 1.25. The second-order valence-electron chi connectivity index (χ2n) is 3.23. The highest BCUT2D eigenvalue weighted by atomic mass is 35.5. The lowest BCUT2D eigenvalue weighted by atomic mass is 10.3. The summed E-state index contributed by atoms with van der Waals surface area (Å²) < 4.78 is 24.5. The van der Waals surface area contributed by atoms with Crippen LogP contribution in [0.25, 0.3) is 0 Å². The van der Waals surface area contributed by atoms with E-state index in [0.29, 0.717) is 5.02 Å². The molecule has 1 heterocycles. The number of hydrogen-bond donors (Lipinski definition) is 1. The Bertz CT molecular complexity index is 390. The first-order chi connectivity index (χ1) is 8.04. The van der Waals surface area contributed by atoms with Gasteiger partial charge in [0.15, 0.2) is 0 Å². The predicted octanol–water partition coefficient (Wildman–Crippen LogP) is 1.43. The molecule has 0 saturated carbocycles. The van der Waals surface area contributed by atoms with Gasteiger partial charge in [0.05, 0.1) is 13.2 Å². The molecule has 7 heteroatoms. The second kappa shape index (κ2) is 6.46. The zero-order chi connectivity index (χ0) is 12.8. The van der Waals surface area contributed by atoms with E-state index in [2.05, 4.69) is 4.98 Å². The number of nitrogens with zero attached hydrogens (tertiary/aromatic N) is 2. The fourth-order valence-corrected chi connectivity index (χ4v) is 1.41. The van der Waals surface area contributed by atoms with Crippen molar-refractivity contribution in [2.45, 2.75) is 6.43 Å². The van der Waals surface area contributed by atoms with Crippen molar-refractivity contribution in [2.75, 3.05) is 19.7 Å². The summed E-state index contributed by atoms with van der Waals surface area (Å²) >= 11 is 5.67. The zero-order valence-corrected chi connectivity index (χ0v) is 9.57. The quantitative estimate of drug-likeness (QED) is 0.875. The molecule has 0 aromatic carbocycles. The van der Waals surface area contributed by atoms with Gasteiger partial charge >= 0.3 is 0 Å². The van der Waals surface area contributed by atoms with Gasteiger partial charge in [0.25, 0.3) is 12.3 Å². The maximum absolute atomic E-state index is 12.2. The predicted molar refractivity (Wildman–Crippen MR) is 58.2 cm³/mol. The van der Waals surface area contributed by atoms with Crippen LogP contribution in [-0.4, -0.2) is 47.0 Å². The molecule has 1 N–H and O–H groups in total. The lowest BCUT2D eigenvalue weighted by molar-refractivity contribution is 0.0504. The molecule has 1 aromatic heterocycles. The molecule has 0 spiro atoms. The van der Waals surface area contributed by atoms with Crippen molar-refractivity contribution in [3.63, 3.8) is 0 Å². The van der Waals surface area contributed by atoms with Crippen LogP contribution in [0.4, 0.5) is 8.78 Å². The van der Waals surface area contributed by atoms with Crippen LogP contribution in [0.15, 0.2) is 18.3 Å². The number of carbonyl (C=O) groups is 1. The summed E-state index contributed by atoms with van der Waals surface area (Å²) in [5.41, 5.74) is -0.0217. The highest BCUT2D eigenvalue weighted by Gasteiger charge is 2.20. The van der Waals surface area contributed by atoms with Gasteiger partial charge in [-0.15, -0.1) is 0 Å². The van der Waals surface area contributed by atoms with Gasteiger partial charge in [-0.3, -0.25) is 9.78 Å². The summed E-state index contributed by atoms with van der Waals surface area (Å²) in [4.78, 5) is 16.4. The Morgan fingerprint density at radius 1 is 1.59 bits per heavy atom. The third kappa shape index (κ3) is 4.24. The smallest absolute Gasteiger partial charge is 0.272 e. The number of rotatable bonds is 5. The molecule has 94 valence electrons. The van der Waals surface area contributed by atoms with E-state index in [1.165, 1.54) is 18.3 Å². The number of aliphatic hydroxyl groups is 1. The molecule has 0 aliphatic heterocycles. The van der Waals surface area contributed by atoms with E-state index in [0.717, 1.165) is 4.90 Å². The van der Waals surface area contributed by atoms with Crippen molar-refractivity contribution in [1.82, 2.24) is 9.88 Å². The van der Waals surface area contributed by atoms with Gasteiger partial charge in [0.1, 0.15) is 5.69 Å². The van der Waals surface area contributed by atoms with Crippen LogP contribution in [0.5, 0.6) is 0 Å². The van der Waals surface area contributed by atoms with E-state index in [1.54, 1.807) is 0 Å². The maximum Gasteiger partial charge on any atom is 0.272 e. The van der Waals surface area contributed by atoms with Crippen LogP contribution < -0.4 is 0 Å². The Balaban J connectivity index is 2.83. The van der Waals surface area contributed by atoms with Gasteiger partial charge in [-0.05, 0) is 12.1 Å². The average Bonchev–Trinajstić information content (AvgIpc) is 2.27. The molecule has 0 saturated heterocycles. The van der Waals surface area contributed by atoms with E-state index >= 15 is 0 Å². The Morgan fingerprint density at radius 3 is 2.82 bits per heavy atom. The molecular weight excluding hydrogens is 254 g/mol. The van der Waals surface area contributed by atoms with Crippen molar-refractivity contribution in [1.29, 1.82) is 0 Å². The second-order valence-corrected chi connectivity index (χ2v) is 3.66. The van der Waals surface area contributed by atoms with Crippen LogP contribution in [0.3, 0.4) is 0 Å². The number of alkyl halides is 2. The van der Waals surface area contributed by atoms with Gasteiger partial charge in [-0.25, -0.2) is 8.78 Å². The Labute approximate surface area is 102 Å². The summed E-state index contributed by atoms with van der Waals surface area (Å²) in [6, 6.07) is 2.77. The van der Waals surface area contributed by atoms with E-state index in [-0.39, 0.29) is 18.8 Å². The minimum atomic E-state index is -2.66. The fraction of sp³-hybridized carbons (Fsp3) is 0.400. The first kappa shape index (κ1) is 13.8. The maximum atomic E-state index is 12.2. The molecule has 0 fully saturated rings. The molecule has 0 unspecified atom stereocenters. The summed E-state index contributed by atoms with van der Waals surface area (Å²) in [5, 5.41) is 9.01. The zero-order valence-electron chi connectivity index (χ0n) is 8.81. The standard InChI is InChI=1S/C10H11ClF2N2O2/c11-7-1-2-14-8(5-7)10(17)15(3-4-16)6-9(12)13/h1-2,5,9,16H,3-4,6H2. The summed E-state index contributed by atoms with van der Waals surface area (Å²) in [7, 11) is 0. The average molecular weight is 265 g/mol. The molecule has 1 amide bonds. The first-order valence-electron chi connectivity index (χ1n) is 4.84. The first-order valence-corrected chi connectivity index (χ1v) is 5.22. The highest BCUT2D eigenvalue weighted by Crippen LogP contribution is 2.11. The van der Waals surface area contributed by atoms with E-state index in [9.17, 15) is 13.6 Å². The minimum Gasteiger partial charge on any atom is -0.395 e. The van der Waals surface area contributed by atoms with Crippen molar-refractivity contribution in [3.8, 4) is 0 Å². The van der Waals surface area contributed by atoms with Crippen molar-refractivity contribution < 1.29 is 18.7 Å². The van der Waals surface area contributed by atoms with Crippen molar-refractivity contribution >= 4 is 17.5 Å². The summed E-state index contributed by atoms with van der Waals surface area (Å²) in [6.45, 7) is -1.30.